The van der Waals surface area contributed by atoms with Gasteiger partial charge in [0.05, 0.1) is 57.7 Å². The van der Waals surface area contributed by atoms with Gasteiger partial charge in [-0.3, -0.25) is 9.78 Å². The minimum atomic E-state index is -1.67. The van der Waals surface area contributed by atoms with Gasteiger partial charge in [-0.25, -0.2) is 8.91 Å². The molecule has 39 heavy (non-hydrogen) atoms. The summed E-state index contributed by atoms with van der Waals surface area (Å²) in [5, 5.41) is 40.7. The van der Waals surface area contributed by atoms with Crippen LogP contribution in [0.25, 0.3) is 22.6 Å². The molecule has 0 saturated heterocycles. The summed E-state index contributed by atoms with van der Waals surface area (Å²) in [5.41, 5.74) is 2.60. The van der Waals surface area contributed by atoms with E-state index in [4.69, 9.17) is 5.26 Å². The second kappa shape index (κ2) is 10.3. The molecule has 0 spiro atoms. The van der Waals surface area contributed by atoms with Gasteiger partial charge in [0.15, 0.2) is 6.33 Å². The maximum atomic E-state index is 14.3. The maximum Gasteiger partial charge on any atom is 0.255 e. The second-order valence-electron chi connectivity index (χ2n) is 9.25. The number of rotatable bonds is 8. The predicted molar refractivity (Wildman–Crippen MR) is 139 cm³/mol. The molecule has 0 aliphatic rings. The number of pyridine rings is 1. The summed E-state index contributed by atoms with van der Waals surface area (Å²) in [4.78, 5) is 18.9. The Morgan fingerprint density at radius 1 is 1.15 bits per heavy atom. The first kappa shape index (κ1) is 25.4. The maximum absolute atomic E-state index is 14.3. The zero-order valence-electron chi connectivity index (χ0n) is 20.9. The molecule has 5 aromatic rings. The number of alkyl halides is 1. The Kier molecular flexibility index (Phi) is 6.70. The van der Waals surface area contributed by atoms with Gasteiger partial charge in [0, 0.05) is 11.9 Å². The molecule has 1 amide bonds. The molecule has 0 aliphatic carbocycles. The molecule has 0 radical (unpaired) electrons. The number of benzene rings is 1. The molecule has 0 bridgehead atoms. The van der Waals surface area contributed by atoms with E-state index in [9.17, 15) is 14.3 Å². The fraction of sp³-hybridized carbons (Fsp3) is 0.192. The Balaban J connectivity index is 1.49. The molecule has 5 rings (SSSR count). The molecule has 0 fully saturated rings. The van der Waals surface area contributed by atoms with Crippen molar-refractivity contribution in [3.8, 4) is 23.1 Å². The number of tetrazole rings is 1. The van der Waals surface area contributed by atoms with Crippen LogP contribution < -0.4 is 10.6 Å². The molecule has 3 N–H and O–H groups in total. The van der Waals surface area contributed by atoms with E-state index in [1.807, 2.05) is 12.1 Å². The lowest BCUT2D eigenvalue weighted by Gasteiger charge is -2.22. The SMILES string of the molecule is CC(C)(O)C(F)CNC(=O)c1cnc(-c2ccc3cc(C#N)cnn23)cc1Nc1ccc(-n2ncnn2)cc1. The Morgan fingerprint density at radius 3 is 2.64 bits per heavy atom. The first-order chi connectivity index (χ1) is 18.7. The smallest absolute Gasteiger partial charge is 0.255 e. The largest absolute Gasteiger partial charge is 0.387 e. The van der Waals surface area contributed by atoms with Crippen LogP contribution >= 0.6 is 0 Å². The van der Waals surface area contributed by atoms with E-state index in [2.05, 4.69) is 42.2 Å². The lowest BCUT2D eigenvalue weighted by molar-refractivity contribution is -0.00177. The first-order valence-electron chi connectivity index (χ1n) is 11.9. The van der Waals surface area contributed by atoms with E-state index in [1.54, 1.807) is 40.9 Å². The normalized spacial score (nSPS) is 12.2. The third-order valence-corrected chi connectivity index (χ3v) is 5.98. The number of carbonyl (C=O) groups is 1. The molecule has 12 nitrogen and oxygen atoms in total. The van der Waals surface area contributed by atoms with Crippen molar-refractivity contribution in [1.29, 1.82) is 5.26 Å². The van der Waals surface area contributed by atoms with E-state index in [0.717, 1.165) is 0 Å². The molecule has 1 unspecified atom stereocenters. The Bertz CT molecular complexity index is 1670. The standard InChI is InChI=1S/C26H23FN10O2/c1-26(2,39)24(27)14-30-25(38)20-13-29-22(23-8-7-19-9-16(11-28)12-32-36(19)23)10-21(20)34-17-3-5-18(6-4-17)37-33-15-31-35-37/h3-10,12-13,15,24,39H,14H2,1-2H3,(H,29,34)(H,30,38). The number of nitriles is 1. The summed E-state index contributed by atoms with van der Waals surface area (Å²) in [6.07, 6.45) is 2.51. The van der Waals surface area contributed by atoms with E-state index in [-0.39, 0.29) is 12.1 Å². The average molecular weight is 527 g/mol. The van der Waals surface area contributed by atoms with Gasteiger partial charge in [-0.2, -0.15) is 10.4 Å². The van der Waals surface area contributed by atoms with Crippen LogP contribution in [-0.4, -0.2) is 64.1 Å². The number of aromatic nitrogens is 7. The van der Waals surface area contributed by atoms with Crippen LogP contribution in [0.4, 0.5) is 15.8 Å². The number of aliphatic hydroxyl groups is 1. The predicted octanol–water partition coefficient (Wildman–Crippen LogP) is 2.83. The summed E-state index contributed by atoms with van der Waals surface area (Å²) in [6, 6.07) is 16.2. The van der Waals surface area contributed by atoms with Crippen LogP contribution in [0.2, 0.25) is 0 Å². The summed E-state index contributed by atoms with van der Waals surface area (Å²) in [7, 11) is 0. The Hall–Kier alpha value is -5.22. The molecular formula is C26H23FN10O2. The van der Waals surface area contributed by atoms with Crippen LogP contribution in [-0.2, 0) is 0 Å². The average Bonchev–Trinajstić information content (AvgIpc) is 3.61. The van der Waals surface area contributed by atoms with Crippen molar-refractivity contribution in [3.63, 3.8) is 0 Å². The topological polar surface area (TPSA) is 159 Å². The van der Waals surface area contributed by atoms with Gasteiger partial charge in [0.25, 0.3) is 5.91 Å². The minimum absolute atomic E-state index is 0.171. The number of anilines is 2. The molecular weight excluding hydrogens is 503 g/mol. The van der Waals surface area contributed by atoms with Crippen molar-refractivity contribution in [2.75, 3.05) is 11.9 Å². The highest BCUT2D eigenvalue weighted by Crippen LogP contribution is 2.28. The van der Waals surface area contributed by atoms with Gasteiger partial charge in [-0.05, 0) is 67.6 Å². The minimum Gasteiger partial charge on any atom is -0.387 e. The molecule has 1 atom stereocenters. The van der Waals surface area contributed by atoms with E-state index in [1.165, 1.54) is 37.4 Å². The highest BCUT2D eigenvalue weighted by molar-refractivity contribution is 6.00. The first-order valence-corrected chi connectivity index (χ1v) is 11.9. The molecule has 1 aromatic carbocycles. The van der Waals surface area contributed by atoms with Crippen LogP contribution in [0.5, 0.6) is 0 Å². The van der Waals surface area contributed by atoms with E-state index in [0.29, 0.717) is 39.5 Å². The summed E-state index contributed by atoms with van der Waals surface area (Å²) < 4.78 is 15.9. The molecule has 196 valence electrons. The summed E-state index contributed by atoms with van der Waals surface area (Å²) in [6.45, 7) is 2.29. The van der Waals surface area contributed by atoms with Crippen LogP contribution in [0.3, 0.4) is 0 Å². The highest BCUT2D eigenvalue weighted by atomic mass is 19.1. The van der Waals surface area contributed by atoms with Crippen molar-refractivity contribution >= 4 is 22.8 Å². The highest BCUT2D eigenvalue weighted by Gasteiger charge is 2.27. The molecule has 4 aromatic heterocycles. The molecule has 13 heteroatoms. The van der Waals surface area contributed by atoms with E-state index < -0.39 is 17.7 Å². The van der Waals surface area contributed by atoms with Gasteiger partial charge in [-0.1, -0.05) is 0 Å². The van der Waals surface area contributed by atoms with Crippen molar-refractivity contribution in [3.05, 3.63) is 78.4 Å². The summed E-state index contributed by atoms with van der Waals surface area (Å²) in [5.74, 6) is -0.566. The molecule has 4 heterocycles. The Morgan fingerprint density at radius 2 is 1.95 bits per heavy atom. The quantitative estimate of drug-likeness (QED) is 0.276. The van der Waals surface area contributed by atoms with Crippen LogP contribution in [0.15, 0.2) is 67.3 Å². The summed E-state index contributed by atoms with van der Waals surface area (Å²) >= 11 is 0. The zero-order valence-corrected chi connectivity index (χ0v) is 20.9. The monoisotopic (exact) mass is 526 g/mol. The zero-order chi connectivity index (χ0) is 27.6. The third kappa shape index (κ3) is 5.41. The van der Waals surface area contributed by atoms with Crippen molar-refractivity contribution < 1.29 is 14.3 Å². The Labute approximate surface area is 221 Å². The third-order valence-electron chi connectivity index (χ3n) is 5.98. The van der Waals surface area contributed by atoms with Gasteiger partial charge < -0.3 is 15.7 Å². The number of amides is 1. The van der Waals surface area contributed by atoms with Crippen molar-refractivity contribution in [2.45, 2.75) is 25.6 Å². The van der Waals surface area contributed by atoms with Crippen LogP contribution in [0, 0.1) is 11.3 Å². The van der Waals surface area contributed by atoms with E-state index >= 15 is 0 Å². The number of carbonyl (C=O) groups excluding carboxylic acids is 1. The number of fused-ring (bicyclic) bond motifs is 1. The van der Waals surface area contributed by atoms with Crippen molar-refractivity contribution in [2.24, 2.45) is 0 Å². The molecule has 0 aliphatic heterocycles. The second-order valence-corrected chi connectivity index (χ2v) is 9.25. The van der Waals surface area contributed by atoms with Gasteiger partial charge >= 0.3 is 0 Å². The molecule has 0 saturated carbocycles. The lowest BCUT2D eigenvalue weighted by atomic mass is 10.0. The van der Waals surface area contributed by atoms with Gasteiger partial charge in [0.1, 0.15) is 12.2 Å². The fourth-order valence-corrected chi connectivity index (χ4v) is 3.78. The number of hydrogen-bond acceptors (Lipinski definition) is 9. The number of nitrogens with zero attached hydrogens (tertiary/aromatic N) is 8. The number of halogens is 1. The fourth-order valence-electron chi connectivity index (χ4n) is 3.78. The van der Waals surface area contributed by atoms with Crippen LogP contribution in [0.1, 0.15) is 29.8 Å². The lowest BCUT2D eigenvalue weighted by Crippen LogP contribution is -2.42. The number of nitrogens with one attached hydrogen (secondary N) is 2. The van der Waals surface area contributed by atoms with Gasteiger partial charge in [0.2, 0.25) is 0 Å². The van der Waals surface area contributed by atoms with Crippen molar-refractivity contribution in [1.82, 2.24) is 40.1 Å². The van der Waals surface area contributed by atoms with Gasteiger partial charge in [-0.15, -0.1) is 15.0 Å². The number of hydrogen-bond donors (Lipinski definition) is 3.